The first-order valence-electron chi connectivity index (χ1n) is 7.96. The molecule has 0 aromatic heterocycles. The Balaban J connectivity index is 6.00. The minimum absolute atomic E-state index is 0.435. The van der Waals surface area contributed by atoms with E-state index in [9.17, 15) is 0 Å². The summed E-state index contributed by atoms with van der Waals surface area (Å²) in [5.41, 5.74) is 0. The molecule has 0 heterocycles. The van der Waals surface area contributed by atoms with Gasteiger partial charge in [0.2, 0.25) is 0 Å². The Labute approximate surface area is 136 Å². The van der Waals surface area contributed by atoms with Gasteiger partial charge in [-0.05, 0) is 0 Å². The van der Waals surface area contributed by atoms with Crippen molar-refractivity contribution in [2.24, 2.45) is 0 Å². The van der Waals surface area contributed by atoms with Gasteiger partial charge in [0.1, 0.15) is 0 Å². The van der Waals surface area contributed by atoms with E-state index in [0.717, 1.165) is 0 Å². The summed E-state index contributed by atoms with van der Waals surface area (Å²) >= 11 is -4.33. The molecule has 0 rings (SSSR count). The molecule has 118 valence electrons. The van der Waals surface area contributed by atoms with Crippen LogP contribution in [0.2, 0.25) is 32.0 Å². The third-order valence-electron chi connectivity index (χ3n) is 4.66. The molecule has 0 aromatic carbocycles. The fourth-order valence-corrected chi connectivity index (χ4v) is 31.8. The van der Waals surface area contributed by atoms with Crippen LogP contribution in [0.1, 0.15) is 62.3 Å². The van der Waals surface area contributed by atoms with Crippen molar-refractivity contribution in [3.05, 3.63) is 0 Å². The van der Waals surface area contributed by atoms with Crippen LogP contribution in [-0.2, 0) is 0 Å². The standard InChI is InChI=1S/C6H11Ge.3C4H9.Sn/c1-5-6-7(2,3)4;3*1-4(2)3;/h1H2,2-4H3;3*1-3H3;. The Kier molecular flexibility index (Phi) is 6.47. The van der Waals surface area contributed by atoms with E-state index in [0.29, 0.717) is 10.3 Å². The molecule has 0 bridgehead atoms. The van der Waals surface area contributed by atoms with Crippen LogP contribution in [0.5, 0.6) is 0 Å². The molecule has 2 heteroatoms. The van der Waals surface area contributed by atoms with E-state index >= 15 is 0 Å². The first-order valence-corrected chi connectivity index (χ1v) is 21.6. The van der Waals surface area contributed by atoms with Crippen molar-refractivity contribution in [1.82, 2.24) is 0 Å². The van der Waals surface area contributed by atoms with Crippen LogP contribution in [0.3, 0.4) is 0 Å². The summed E-state index contributed by atoms with van der Waals surface area (Å²) in [5.74, 6) is 10.9. The van der Waals surface area contributed by atoms with Crippen molar-refractivity contribution in [2.45, 2.75) is 94.3 Å². The third kappa shape index (κ3) is 4.70. The molecular weight excluding hydrogens is 408 g/mol. The summed E-state index contributed by atoms with van der Waals surface area (Å²) in [5, 5.41) is 0. The van der Waals surface area contributed by atoms with Crippen molar-refractivity contribution in [2.75, 3.05) is 0 Å². The fraction of sp³-hybridized carbons (Fsp3) is 0.889. The average molecular weight is 446 g/mol. The first-order chi connectivity index (χ1) is 8.46. The maximum atomic E-state index is 3.71. The number of hydrogen-bond acceptors (Lipinski definition) is 0. The molecule has 0 spiro atoms. The second kappa shape index (κ2) is 6.19. The molecule has 0 saturated carbocycles. The van der Waals surface area contributed by atoms with Gasteiger partial charge in [0, 0.05) is 0 Å². The molecule has 0 nitrogen and oxygen atoms in total. The van der Waals surface area contributed by atoms with Gasteiger partial charge in [-0.1, -0.05) is 0 Å². The number of rotatable bonds is 1. The predicted octanol–water partition coefficient (Wildman–Crippen LogP) is 6.72. The molecule has 0 N–H and O–H groups in total. The van der Waals surface area contributed by atoms with Crippen LogP contribution in [0.25, 0.3) is 0 Å². The maximum absolute atomic E-state index is 3.71. The molecule has 20 heavy (non-hydrogen) atoms. The molecule has 0 amide bonds. The van der Waals surface area contributed by atoms with Crippen molar-refractivity contribution < 1.29 is 0 Å². The van der Waals surface area contributed by atoms with Crippen molar-refractivity contribution in [3.63, 3.8) is 0 Å². The molecule has 0 atom stereocenters. The Morgan fingerprint density at radius 2 is 1.00 bits per heavy atom. The van der Waals surface area contributed by atoms with Gasteiger partial charge in [-0.2, -0.15) is 0 Å². The molecular formula is C18H38GeSn. The molecule has 0 aliphatic rings. The van der Waals surface area contributed by atoms with Gasteiger partial charge in [0.05, 0.1) is 0 Å². The van der Waals surface area contributed by atoms with Crippen molar-refractivity contribution >= 4 is 31.6 Å². The van der Waals surface area contributed by atoms with Gasteiger partial charge < -0.3 is 0 Å². The van der Waals surface area contributed by atoms with E-state index in [4.69, 9.17) is 0 Å². The summed E-state index contributed by atoms with van der Waals surface area (Å²) in [6.45, 7) is 22.4. The molecule has 0 aromatic rings. The van der Waals surface area contributed by atoms with E-state index < -0.39 is 31.6 Å². The SMILES string of the molecule is C[C](C)(C)[Sn]([CH2]C#[C][Ge]([CH3])([CH3])[CH3])([C](C)(C)C)[C](C)(C)C. The Bertz CT molecular complexity index is 347. The van der Waals surface area contributed by atoms with Gasteiger partial charge >= 0.3 is 137 Å². The molecule has 0 saturated heterocycles. The second-order valence-electron chi connectivity index (χ2n) is 10.4. The van der Waals surface area contributed by atoms with E-state index in [-0.39, 0.29) is 0 Å². The van der Waals surface area contributed by atoms with E-state index in [1.165, 1.54) is 4.44 Å². The summed E-state index contributed by atoms with van der Waals surface area (Å²) < 4.78 is 6.21. The summed E-state index contributed by atoms with van der Waals surface area (Å²) in [6.07, 6.45) is 0. The van der Waals surface area contributed by atoms with Gasteiger partial charge in [-0.25, -0.2) is 0 Å². The topological polar surface area (TPSA) is 0 Å². The zero-order valence-corrected chi connectivity index (χ0v) is 21.2. The van der Waals surface area contributed by atoms with Crippen LogP contribution in [0, 0.1) is 10.7 Å². The van der Waals surface area contributed by atoms with Crippen LogP contribution < -0.4 is 0 Å². The third-order valence-corrected chi connectivity index (χ3v) is 30.5. The van der Waals surface area contributed by atoms with Crippen LogP contribution in [0.4, 0.5) is 0 Å². The van der Waals surface area contributed by atoms with Crippen LogP contribution in [0.15, 0.2) is 0 Å². The minimum atomic E-state index is -2.58. The summed E-state index contributed by atoms with van der Waals surface area (Å²) in [7, 11) is 0. The van der Waals surface area contributed by atoms with Crippen molar-refractivity contribution in [1.29, 1.82) is 0 Å². The zero-order valence-electron chi connectivity index (χ0n) is 16.2. The predicted molar refractivity (Wildman–Crippen MR) is 101 cm³/mol. The van der Waals surface area contributed by atoms with Gasteiger partial charge in [0.25, 0.3) is 0 Å². The van der Waals surface area contributed by atoms with Gasteiger partial charge in [-0.3, -0.25) is 0 Å². The summed E-state index contributed by atoms with van der Waals surface area (Å²) in [4.78, 5) is 0. The fourth-order valence-electron chi connectivity index (χ4n) is 4.61. The Morgan fingerprint density at radius 1 is 0.700 bits per heavy atom. The Hall–Kier alpha value is 0.902. The van der Waals surface area contributed by atoms with E-state index in [1.54, 1.807) is 0 Å². The number of hydrogen-bond donors (Lipinski definition) is 0. The molecule has 0 radical (unpaired) electrons. The molecule has 0 unspecified atom stereocenters. The quantitative estimate of drug-likeness (QED) is 0.310. The van der Waals surface area contributed by atoms with Gasteiger partial charge in [0.15, 0.2) is 0 Å². The van der Waals surface area contributed by atoms with Gasteiger partial charge in [-0.15, -0.1) is 0 Å². The van der Waals surface area contributed by atoms with Crippen molar-refractivity contribution in [3.8, 4) is 10.7 Å². The molecule has 0 aliphatic carbocycles. The normalized spacial score (nSPS) is 14.8. The molecule has 0 fully saturated rings. The monoisotopic (exact) mass is 448 g/mol. The second-order valence-corrected chi connectivity index (χ2v) is 39.4. The van der Waals surface area contributed by atoms with E-state index in [2.05, 4.69) is 90.3 Å². The molecule has 0 aliphatic heterocycles. The Morgan fingerprint density at radius 3 is 1.20 bits per heavy atom. The van der Waals surface area contributed by atoms with Crippen LogP contribution >= 0.6 is 0 Å². The van der Waals surface area contributed by atoms with E-state index in [1.807, 2.05) is 0 Å². The zero-order chi connectivity index (χ0) is 16.6. The summed E-state index contributed by atoms with van der Waals surface area (Å²) in [6, 6.07) is 0. The first kappa shape index (κ1) is 20.9. The van der Waals surface area contributed by atoms with Crippen LogP contribution in [-0.4, -0.2) is 31.6 Å². The average Bonchev–Trinajstić information content (AvgIpc) is 2.03.